The minimum absolute atomic E-state index is 0.388. The molecule has 128 valence electrons. The minimum Gasteiger partial charge on any atom is -0.305 e. The molecule has 0 radical (unpaired) electrons. The van der Waals surface area contributed by atoms with Crippen molar-refractivity contribution in [3.8, 4) is 0 Å². The summed E-state index contributed by atoms with van der Waals surface area (Å²) in [6.07, 6.45) is 3.74. The Morgan fingerprint density at radius 2 is 1.91 bits per heavy atom. The van der Waals surface area contributed by atoms with Crippen molar-refractivity contribution in [1.82, 2.24) is 14.1 Å². The summed E-state index contributed by atoms with van der Waals surface area (Å²) in [5.74, 6) is 0. The lowest BCUT2D eigenvalue weighted by Crippen LogP contribution is -2.37. The first kappa shape index (κ1) is 16.9. The van der Waals surface area contributed by atoms with Crippen molar-refractivity contribution >= 4 is 10.0 Å². The van der Waals surface area contributed by atoms with Crippen LogP contribution in [0.3, 0.4) is 0 Å². The molecule has 3 rings (SSSR count). The molecule has 0 spiro atoms. The SMILES string of the molecule is CN1CC[C@H]2CC[C@@H](C1)N2Cc1cccc(S(=O)(=O)N(C)C)c1. The second-order valence-corrected chi connectivity index (χ2v) is 9.19. The third-order valence-corrected chi connectivity index (χ3v) is 6.99. The van der Waals surface area contributed by atoms with E-state index in [1.807, 2.05) is 18.2 Å². The van der Waals surface area contributed by atoms with Gasteiger partial charge in [0.1, 0.15) is 0 Å². The van der Waals surface area contributed by atoms with Crippen molar-refractivity contribution in [3.63, 3.8) is 0 Å². The maximum atomic E-state index is 12.3. The summed E-state index contributed by atoms with van der Waals surface area (Å²) in [4.78, 5) is 5.40. The molecule has 0 saturated carbocycles. The Morgan fingerprint density at radius 3 is 2.65 bits per heavy atom. The predicted octanol–water partition coefficient (Wildman–Crippen LogP) is 1.61. The molecule has 0 aliphatic carbocycles. The highest BCUT2D eigenvalue weighted by Gasteiger charge is 2.36. The maximum Gasteiger partial charge on any atom is 0.242 e. The van der Waals surface area contributed by atoms with E-state index < -0.39 is 10.0 Å². The molecule has 2 fully saturated rings. The number of likely N-dealkylation sites (N-methyl/N-ethyl adjacent to an activating group) is 1. The lowest BCUT2D eigenvalue weighted by Gasteiger charge is -2.28. The Hall–Kier alpha value is -0.950. The van der Waals surface area contributed by atoms with Crippen LogP contribution < -0.4 is 0 Å². The zero-order valence-electron chi connectivity index (χ0n) is 14.3. The molecule has 6 heteroatoms. The van der Waals surface area contributed by atoms with E-state index in [0.29, 0.717) is 17.0 Å². The van der Waals surface area contributed by atoms with E-state index in [4.69, 9.17) is 0 Å². The average molecular weight is 337 g/mol. The van der Waals surface area contributed by atoms with Crippen LogP contribution in [0.5, 0.6) is 0 Å². The van der Waals surface area contributed by atoms with Gasteiger partial charge in [-0.3, -0.25) is 4.90 Å². The lowest BCUT2D eigenvalue weighted by molar-refractivity contribution is 0.183. The van der Waals surface area contributed by atoms with Gasteiger partial charge in [-0.25, -0.2) is 12.7 Å². The molecule has 5 nitrogen and oxygen atoms in total. The molecule has 0 N–H and O–H groups in total. The zero-order chi connectivity index (χ0) is 16.6. The molecular weight excluding hydrogens is 310 g/mol. The Balaban J connectivity index is 1.81. The molecule has 0 aromatic heterocycles. The Bertz CT molecular complexity index is 660. The van der Waals surface area contributed by atoms with Gasteiger partial charge in [-0.1, -0.05) is 12.1 Å². The van der Waals surface area contributed by atoms with E-state index in [9.17, 15) is 8.42 Å². The molecule has 2 aliphatic rings. The summed E-state index contributed by atoms with van der Waals surface area (Å²) in [6, 6.07) is 8.66. The molecular formula is C17H27N3O2S. The van der Waals surface area contributed by atoms with E-state index in [1.54, 1.807) is 20.2 Å². The Labute approximate surface area is 139 Å². The number of hydrogen-bond donors (Lipinski definition) is 0. The van der Waals surface area contributed by atoms with Crippen LogP contribution in [-0.2, 0) is 16.6 Å². The smallest absolute Gasteiger partial charge is 0.242 e. The maximum absolute atomic E-state index is 12.3. The third-order valence-electron chi connectivity index (χ3n) is 5.18. The van der Waals surface area contributed by atoms with Gasteiger partial charge in [0, 0.05) is 39.3 Å². The Morgan fingerprint density at radius 1 is 1.17 bits per heavy atom. The number of likely N-dealkylation sites (tertiary alicyclic amines) is 1. The highest BCUT2D eigenvalue weighted by molar-refractivity contribution is 7.89. The third kappa shape index (κ3) is 3.45. The molecule has 2 atom stereocenters. The highest BCUT2D eigenvalue weighted by Crippen LogP contribution is 2.31. The van der Waals surface area contributed by atoms with Gasteiger partial charge in [-0.05, 0) is 50.6 Å². The van der Waals surface area contributed by atoms with E-state index >= 15 is 0 Å². The highest BCUT2D eigenvalue weighted by atomic mass is 32.2. The van der Waals surface area contributed by atoms with Gasteiger partial charge in [0.2, 0.25) is 10.0 Å². The summed E-state index contributed by atoms with van der Waals surface area (Å²) in [7, 11) is 1.99. The molecule has 2 bridgehead atoms. The van der Waals surface area contributed by atoms with Crippen LogP contribution in [0.1, 0.15) is 24.8 Å². The fourth-order valence-corrected chi connectivity index (χ4v) is 4.80. The summed E-state index contributed by atoms with van der Waals surface area (Å²) in [5, 5.41) is 0. The summed E-state index contributed by atoms with van der Waals surface area (Å²) < 4.78 is 25.9. The molecule has 2 saturated heterocycles. The molecule has 2 heterocycles. The first-order chi connectivity index (χ1) is 10.9. The van der Waals surface area contributed by atoms with Crippen molar-refractivity contribution in [2.45, 2.75) is 42.8 Å². The Kier molecular flexibility index (Phi) is 4.78. The predicted molar refractivity (Wildman–Crippen MR) is 91.8 cm³/mol. The molecule has 23 heavy (non-hydrogen) atoms. The van der Waals surface area contributed by atoms with Crippen molar-refractivity contribution in [2.24, 2.45) is 0 Å². The number of benzene rings is 1. The molecule has 1 aromatic carbocycles. The summed E-state index contributed by atoms with van der Waals surface area (Å²) in [5.41, 5.74) is 1.09. The number of fused-ring (bicyclic) bond motifs is 2. The summed E-state index contributed by atoms with van der Waals surface area (Å²) in [6.45, 7) is 3.12. The molecule has 0 unspecified atom stereocenters. The molecule has 0 amide bonds. The monoisotopic (exact) mass is 337 g/mol. The minimum atomic E-state index is -3.36. The van der Waals surface area contributed by atoms with Crippen molar-refractivity contribution in [3.05, 3.63) is 29.8 Å². The van der Waals surface area contributed by atoms with Crippen LogP contribution >= 0.6 is 0 Å². The largest absolute Gasteiger partial charge is 0.305 e. The van der Waals surface area contributed by atoms with Crippen LogP contribution in [-0.4, -0.2) is 68.8 Å². The fraction of sp³-hybridized carbons (Fsp3) is 0.647. The van der Waals surface area contributed by atoms with Crippen LogP contribution in [0.25, 0.3) is 0 Å². The van der Waals surface area contributed by atoms with Crippen LogP contribution in [0.4, 0.5) is 0 Å². The first-order valence-electron chi connectivity index (χ1n) is 8.33. The van der Waals surface area contributed by atoms with Gasteiger partial charge in [0.15, 0.2) is 0 Å². The number of rotatable bonds is 4. The van der Waals surface area contributed by atoms with Crippen molar-refractivity contribution in [2.75, 3.05) is 34.2 Å². The van der Waals surface area contributed by atoms with Crippen LogP contribution in [0.2, 0.25) is 0 Å². The summed E-state index contributed by atoms with van der Waals surface area (Å²) >= 11 is 0. The van der Waals surface area contributed by atoms with E-state index in [2.05, 4.69) is 16.8 Å². The topological polar surface area (TPSA) is 43.9 Å². The van der Waals surface area contributed by atoms with Gasteiger partial charge in [-0.15, -0.1) is 0 Å². The van der Waals surface area contributed by atoms with Gasteiger partial charge >= 0.3 is 0 Å². The number of sulfonamides is 1. The van der Waals surface area contributed by atoms with E-state index in [0.717, 1.165) is 25.2 Å². The molecule has 1 aromatic rings. The fourth-order valence-electron chi connectivity index (χ4n) is 3.83. The van der Waals surface area contributed by atoms with Crippen LogP contribution in [0.15, 0.2) is 29.2 Å². The quantitative estimate of drug-likeness (QED) is 0.837. The van der Waals surface area contributed by atoms with Gasteiger partial charge in [-0.2, -0.15) is 0 Å². The van der Waals surface area contributed by atoms with Gasteiger partial charge in [0.25, 0.3) is 0 Å². The zero-order valence-corrected chi connectivity index (χ0v) is 15.1. The lowest BCUT2D eigenvalue weighted by atomic mass is 10.1. The van der Waals surface area contributed by atoms with E-state index in [-0.39, 0.29) is 0 Å². The number of nitrogens with zero attached hydrogens (tertiary/aromatic N) is 3. The second kappa shape index (κ2) is 6.51. The standard InChI is InChI=1S/C17H27N3O2S/c1-18(2)23(21,22)17-6-4-5-14(11-17)12-20-15-7-8-16(20)13-19(3)10-9-15/h4-6,11,15-16H,7-10,12-13H2,1-3H3/t15-,16+/m1/s1. The van der Waals surface area contributed by atoms with Gasteiger partial charge < -0.3 is 4.90 Å². The van der Waals surface area contributed by atoms with Gasteiger partial charge in [0.05, 0.1) is 4.90 Å². The van der Waals surface area contributed by atoms with Crippen LogP contribution in [0, 0.1) is 0 Å². The van der Waals surface area contributed by atoms with E-state index in [1.165, 1.54) is 23.6 Å². The normalized spacial score (nSPS) is 26.6. The molecule has 2 aliphatic heterocycles. The van der Waals surface area contributed by atoms with Crippen molar-refractivity contribution in [1.29, 1.82) is 0 Å². The second-order valence-electron chi connectivity index (χ2n) is 7.04. The van der Waals surface area contributed by atoms with Crippen molar-refractivity contribution < 1.29 is 8.42 Å². The first-order valence-corrected chi connectivity index (χ1v) is 9.77. The number of hydrogen-bond acceptors (Lipinski definition) is 4. The average Bonchev–Trinajstić information content (AvgIpc) is 2.78.